The molecule has 1 heterocycles. The van der Waals surface area contributed by atoms with Crippen LogP contribution in [0.5, 0.6) is 0 Å². The number of rotatable bonds is 6. The van der Waals surface area contributed by atoms with Crippen LogP contribution >= 0.6 is 0 Å². The van der Waals surface area contributed by atoms with E-state index in [-0.39, 0.29) is 23.6 Å². The minimum absolute atomic E-state index is 0.0600. The Morgan fingerprint density at radius 3 is 2.57 bits per heavy atom. The fraction of sp³-hybridized carbons (Fsp3) is 0.583. The molecule has 0 bridgehead atoms. The van der Waals surface area contributed by atoms with Crippen molar-refractivity contribution in [3.63, 3.8) is 0 Å². The summed E-state index contributed by atoms with van der Waals surface area (Å²) in [6, 6.07) is 2.61. The smallest absolute Gasteiger partial charge is 0.369 e. The molecular weight excluding hydrogens is 307 g/mol. The topological polar surface area (TPSA) is 71.1 Å². The Kier molecular flexibility index (Phi) is 4.16. The molecule has 1 fully saturated rings. The SMILES string of the molecule is CCCNc1ncccc1S(=O)(=O)NC1(C(F)(F)F)CC1. The molecule has 1 aliphatic rings. The lowest BCUT2D eigenvalue weighted by Crippen LogP contribution is -2.47. The molecular formula is C12H16F3N3O2S. The predicted molar refractivity (Wildman–Crippen MR) is 71.4 cm³/mol. The van der Waals surface area contributed by atoms with E-state index in [2.05, 4.69) is 10.3 Å². The summed E-state index contributed by atoms with van der Waals surface area (Å²) >= 11 is 0. The normalized spacial score (nSPS) is 17.5. The second-order valence-electron chi connectivity index (χ2n) is 4.96. The molecule has 118 valence electrons. The number of hydrogen-bond acceptors (Lipinski definition) is 4. The minimum atomic E-state index is -4.60. The molecule has 0 spiro atoms. The quantitative estimate of drug-likeness (QED) is 0.842. The van der Waals surface area contributed by atoms with Crippen molar-refractivity contribution < 1.29 is 21.6 Å². The third-order valence-electron chi connectivity index (χ3n) is 3.23. The molecule has 0 atom stereocenters. The van der Waals surface area contributed by atoms with Gasteiger partial charge < -0.3 is 5.32 Å². The maximum Gasteiger partial charge on any atom is 0.407 e. The standard InChI is InChI=1S/C12H16F3N3O2S/c1-2-7-16-10-9(4-3-8-17-10)21(19,20)18-11(5-6-11)12(13,14)15/h3-4,8,18H,2,5-7H2,1H3,(H,16,17). The van der Waals surface area contributed by atoms with E-state index in [1.165, 1.54) is 18.3 Å². The van der Waals surface area contributed by atoms with Crippen molar-refractivity contribution in [2.45, 2.75) is 42.8 Å². The van der Waals surface area contributed by atoms with Crippen LogP contribution in [0.25, 0.3) is 0 Å². The van der Waals surface area contributed by atoms with Gasteiger partial charge in [-0.1, -0.05) is 6.92 Å². The Labute approximate surface area is 121 Å². The van der Waals surface area contributed by atoms with Gasteiger partial charge in [0.15, 0.2) is 0 Å². The number of hydrogen-bond donors (Lipinski definition) is 2. The van der Waals surface area contributed by atoms with Gasteiger partial charge in [-0.3, -0.25) is 0 Å². The number of halogens is 3. The summed E-state index contributed by atoms with van der Waals surface area (Å²) < 4.78 is 64.9. The molecule has 21 heavy (non-hydrogen) atoms. The molecule has 0 unspecified atom stereocenters. The van der Waals surface area contributed by atoms with Gasteiger partial charge in [-0.2, -0.15) is 17.9 Å². The zero-order valence-corrected chi connectivity index (χ0v) is 12.2. The van der Waals surface area contributed by atoms with E-state index in [1.54, 1.807) is 4.72 Å². The van der Waals surface area contributed by atoms with E-state index in [0.717, 1.165) is 6.42 Å². The summed E-state index contributed by atoms with van der Waals surface area (Å²) in [6.45, 7) is 2.36. The molecule has 2 rings (SSSR count). The summed E-state index contributed by atoms with van der Waals surface area (Å²) in [5, 5.41) is 2.80. The molecule has 9 heteroatoms. The van der Waals surface area contributed by atoms with Crippen LogP contribution in [-0.4, -0.2) is 31.7 Å². The number of nitrogens with zero attached hydrogens (tertiary/aromatic N) is 1. The molecule has 1 aromatic heterocycles. The van der Waals surface area contributed by atoms with Gasteiger partial charge in [0, 0.05) is 12.7 Å². The van der Waals surface area contributed by atoms with Gasteiger partial charge in [-0.25, -0.2) is 13.4 Å². The fourth-order valence-electron chi connectivity index (χ4n) is 1.86. The lowest BCUT2D eigenvalue weighted by molar-refractivity contribution is -0.160. The number of alkyl halides is 3. The molecule has 1 saturated carbocycles. The van der Waals surface area contributed by atoms with Crippen molar-refractivity contribution in [3.8, 4) is 0 Å². The van der Waals surface area contributed by atoms with Crippen molar-refractivity contribution in [1.82, 2.24) is 9.71 Å². The molecule has 5 nitrogen and oxygen atoms in total. The summed E-state index contributed by atoms with van der Waals surface area (Å²) in [6.07, 6.45) is -2.97. The molecule has 0 aliphatic heterocycles. The highest BCUT2D eigenvalue weighted by Crippen LogP contribution is 2.49. The maximum absolute atomic E-state index is 12.9. The minimum Gasteiger partial charge on any atom is -0.369 e. The third kappa shape index (κ3) is 3.29. The van der Waals surface area contributed by atoms with Crippen LogP contribution in [0.1, 0.15) is 26.2 Å². The maximum atomic E-state index is 12.9. The average Bonchev–Trinajstić information content (AvgIpc) is 3.16. The van der Waals surface area contributed by atoms with Crippen molar-refractivity contribution >= 4 is 15.8 Å². The fourth-order valence-corrected chi connectivity index (χ4v) is 3.45. The summed E-state index contributed by atoms with van der Waals surface area (Å²) in [4.78, 5) is 3.61. The number of nitrogens with one attached hydrogen (secondary N) is 2. The highest BCUT2D eigenvalue weighted by molar-refractivity contribution is 7.89. The van der Waals surface area contributed by atoms with Crippen LogP contribution in [0, 0.1) is 0 Å². The van der Waals surface area contributed by atoms with Gasteiger partial charge in [0.2, 0.25) is 10.0 Å². The zero-order chi connectivity index (χ0) is 15.7. The molecule has 0 radical (unpaired) electrons. The van der Waals surface area contributed by atoms with Crippen LogP contribution in [0.3, 0.4) is 0 Å². The second kappa shape index (κ2) is 5.45. The lowest BCUT2D eigenvalue weighted by atomic mass is 10.3. The molecule has 1 aliphatic carbocycles. The van der Waals surface area contributed by atoms with Gasteiger partial charge in [0.1, 0.15) is 16.3 Å². The van der Waals surface area contributed by atoms with E-state index in [1.807, 2.05) is 6.92 Å². The largest absolute Gasteiger partial charge is 0.407 e. The summed E-state index contributed by atoms with van der Waals surface area (Å²) in [7, 11) is -4.29. The predicted octanol–water partition coefficient (Wildman–Crippen LogP) is 2.28. The first-order valence-electron chi connectivity index (χ1n) is 6.51. The average molecular weight is 323 g/mol. The number of anilines is 1. The highest BCUT2D eigenvalue weighted by atomic mass is 32.2. The van der Waals surface area contributed by atoms with Crippen molar-refractivity contribution in [2.24, 2.45) is 0 Å². The Morgan fingerprint density at radius 1 is 1.38 bits per heavy atom. The van der Waals surface area contributed by atoms with Crippen LogP contribution in [0.4, 0.5) is 19.0 Å². The number of aromatic nitrogens is 1. The zero-order valence-electron chi connectivity index (χ0n) is 11.4. The number of sulfonamides is 1. The lowest BCUT2D eigenvalue weighted by Gasteiger charge is -2.21. The van der Waals surface area contributed by atoms with Gasteiger partial charge in [0.25, 0.3) is 0 Å². The van der Waals surface area contributed by atoms with Crippen LogP contribution in [0.15, 0.2) is 23.2 Å². The first-order chi connectivity index (χ1) is 9.72. The Bertz CT molecular complexity index is 612. The molecule has 0 aromatic carbocycles. The van der Waals surface area contributed by atoms with Crippen molar-refractivity contribution in [2.75, 3.05) is 11.9 Å². The third-order valence-corrected chi connectivity index (χ3v) is 4.79. The summed E-state index contributed by atoms with van der Waals surface area (Å²) in [5.74, 6) is 0.0600. The molecule has 2 N–H and O–H groups in total. The van der Waals surface area contributed by atoms with E-state index in [4.69, 9.17) is 0 Å². The highest BCUT2D eigenvalue weighted by Gasteiger charge is 2.65. The molecule has 0 amide bonds. The van der Waals surface area contributed by atoms with E-state index >= 15 is 0 Å². The van der Waals surface area contributed by atoms with Crippen LogP contribution < -0.4 is 10.0 Å². The van der Waals surface area contributed by atoms with E-state index in [0.29, 0.717) is 6.54 Å². The Balaban J connectivity index is 2.29. The molecule has 1 aromatic rings. The monoisotopic (exact) mass is 323 g/mol. The van der Waals surface area contributed by atoms with E-state index in [9.17, 15) is 21.6 Å². The van der Waals surface area contributed by atoms with Crippen molar-refractivity contribution in [1.29, 1.82) is 0 Å². The van der Waals surface area contributed by atoms with Crippen molar-refractivity contribution in [3.05, 3.63) is 18.3 Å². The van der Waals surface area contributed by atoms with Gasteiger partial charge >= 0.3 is 6.18 Å². The van der Waals surface area contributed by atoms with Gasteiger partial charge in [-0.15, -0.1) is 0 Å². The van der Waals surface area contributed by atoms with E-state index < -0.39 is 21.7 Å². The second-order valence-corrected chi connectivity index (χ2v) is 6.61. The Morgan fingerprint density at radius 2 is 2.05 bits per heavy atom. The van der Waals surface area contributed by atoms with Crippen LogP contribution in [-0.2, 0) is 10.0 Å². The first kappa shape index (κ1) is 16.0. The summed E-state index contributed by atoms with van der Waals surface area (Å²) in [5.41, 5.74) is -2.33. The Hall–Kier alpha value is -1.35. The van der Waals surface area contributed by atoms with Gasteiger partial charge in [-0.05, 0) is 31.4 Å². The first-order valence-corrected chi connectivity index (χ1v) is 8.00. The molecule has 0 saturated heterocycles. The number of pyridine rings is 1. The van der Waals surface area contributed by atoms with Crippen LogP contribution in [0.2, 0.25) is 0 Å². The van der Waals surface area contributed by atoms with Gasteiger partial charge in [0.05, 0.1) is 0 Å².